The first-order chi connectivity index (χ1) is 12.1. The molecule has 0 heterocycles. The number of rotatable bonds is 4. The number of amides is 2. The smallest absolute Gasteiger partial charge is 0.412 e. The molecule has 26 heavy (non-hydrogen) atoms. The van der Waals surface area contributed by atoms with Gasteiger partial charge >= 0.3 is 6.09 Å². The Morgan fingerprint density at radius 3 is 2.15 bits per heavy atom. The molecule has 0 aliphatic rings. The van der Waals surface area contributed by atoms with E-state index in [0.29, 0.717) is 17.8 Å². The van der Waals surface area contributed by atoms with E-state index in [2.05, 4.69) is 5.32 Å². The van der Waals surface area contributed by atoms with Crippen molar-refractivity contribution in [3.63, 3.8) is 0 Å². The van der Waals surface area contributed by atoms with E-state index in [1.54, 1.807) is 69.1 Å². The third kappa shape index (κ3) is 5.88. The highest BCUT2D eigenvalue weighted by atomic mass is 19.1. The van der Waals surface area contributed by atoms with E-state index in [-0.39, 0.29) is 11.7 Å². The van der Waals surface area contributed by atoms with Gasteiger partial charge in [-0.15, -0.1) is 0 Å². The maximum absolute atomic E-state index is 12.9. The predicted molar refractivity (Wildman–Crippen MR) is 98.5 cm³/mol. The van der Waals surface area contributed by atoms with Crippen LogP contribution in [0.15, 0.2) is 48.5 Å². The summed E-state index contributed by atoms with van der Waals surface area (Å²) in [6.45, 7) is 5.72. The molecule has 2 aromatic carbocycles. The van der Waals surface area contributed by atoms with Crippen molar-refractivity contribution in [3.8, 4) is 0 Å². The molecule has 0 aromatic heterocycles. The number of benzene rings is 2. The third-order valence-corrected chi connectivity index (χ3v) is 3.46. The van der Waals surface area contributed by atoms with Gasteiger partial charge in [-0.05, 0) is 62.7 Å². The van der Waals surface area contributed by atoms with E-state index >= 15 is 0 Å². The van der Waals surface area contributed by atoms with Crippen molar-refractivity contribution in [2.75, 3.05) is 12.4 Å². The average molecular weight is 358 g/mol. The number of hydrogen-bond acceptors (Lipinski definition) is 3. The second kappa shape index (κ2) is 7.99. The fourth-order valence-corrected chi connectivity index (χ4v) is 2.27. The molecule has 138 valence electrons. The molecule has 0 saturated carbocycles. The van der Waals surface area contributed by atoms with Crippen LogP contribution in [0.25, 0.3) is 0 Å². The summed E-state index contributed by atoms with van der Waals surface area (Å²) in [5, 5.41) is 2.62. The highest BCUT2D eigenvalue weighted by Gasteiger charge is 2.17. The number of halogens is 1. The lowest BCUT2D eigenvalue weighted by Crippen LogP contribution is -2.27. The van der Waals surface area contributed by atoms with Gasteiger partial charge < -0.3 is 9.64 Å². The molecular weight excluding hydrogens is 335 g/mol. The second-order valence-corrected chi connectivity index (χ2v) is 6.99. The van der Waals surface area contributed by atoms with Crippen LogP contribution in [0.3, 0.4) is 0 Å². The molecule has 0 bridgehead atoms. The quantitative estimate of drug-likeness (QED) is 0.879. The number of nitrogens with one attached hydrogen (secondary N) is 1. The summed E-state index contributed by atoms with van der Waals surface area (Å²) in [6.07, 6.45) is -0.551. The van der Waals surface area contributed by atoms with E-state index < -0.39 is 11.7 Å². The Labute approximate surface area is 152 Å². The molecule has 0 aliphatic heterocycles. The highest BCUT2D eigenvalue weighted by molar-refractivity contribution is 5.95. The molecule has 0 atom stereocenters. The number of carbonyl (C=O) groups is 2. The SMILES string of the molecule is CN(Cc1ccc(F)cc1)C(=O)c1ccc(NC(=O)OC(C)(C)C)cc1. The lowest BCUT2D eigenvalue weighted by Gasteiger charge is -2.20. The Morgan fingerprint density at radius 2 is 1.62 bits per heavy atom. The molecule has 0 saturated heterocycles. The number of ether oxygens (including phenoxy) is 1. The van der Waals surface area contributed by atoms with Crippen molar-refractivity contribution in [3.05, 3.63) is 65.5 Å². The predicted octanol–water partition coefficient (Wildman–Crippen LogP) is 4.44. The van der Waals surface area contributed by atoms with Gasteiger partial charge in [0.1, 0.15) is 11.4 Å². The van der Waals surface area contributed by atoms with Crippen molar-refractivity contribution in [1.82, 2.24) is 4.90 Å². The molecule has 2 aromatic rings. The molecule has 0 unspecified atom stereocenters. The summed E-state index contributed by atoms with van der Waals surface area (Å²) in [6, 6.07) is 12.6. The van der Waals surface area contributed by atoms with Gasteiger partial charge in [0.2, 0.25) is 0 Å². The molecule has 6 heteroatoms. The van der Waals surface area contributed by atoms with Crippen LogP contribution in [0, 0.1) is 5.82 Å². The molecule has 2 rings (SSSR count). The van der Waals surface area contributed by atoms with Crippen molar-refractivity contribution < 1.29 is 18.7 Å². The van der Waals surface area contributed by atoms with Crippen molar-refractivity contribution in [1.29, 1.82) is 0 Å². The van der Waals surface area contributed by atoms with Crippen LogP contribution in [-0.4, -0.2) is 29.5 Å². The second-order valence-electron chi connectivity index (χ2n) is 6.99. The van der Waals surface area contributed by atoms with Crippen LogP contribution in [0.1, 0.15) is 36.7 Å². The molecule has 5 nitrogen and oxygen atoms in total. The van der Waals surface area contributed by atoms with Gasteiger partial charge in [-0.2, -0.15) is 0 Å². The van der Waals surface area contributed by atoms with Crippen LogP contribution in [0.4, 0.5) is 14.9 Å². The first kappa shape index (κ1) is 19.4. The summed E-state index contributed by atoms with van der Waals surface area (Å²) < 4.78 is 18.1. The van der Waals surface area contributed by atoms with E-state index in [4.69, 9.17) is 4.74 Å². The number of anilines is 1. The summed E-state index contributed by atoms with van der Waals surface area (Å²) >= 11 is 0. The molecule has 1 N–H and O–H groups in total. The normalized spacial score (nSPS) is 11.0. The zero-order chi connectivity index (χ0) is 19.3. The van der Waals surface area contributed by atoms with Crippen LogP contribution < -0.4 is 5.32 Å². The van der Waals surface area contributed by atoms with E-state index in [1.807, 2.05) is 0 Å². The number of carbonyl (C=O) groups excluding carboxylic acids is 2. The van der Waals surface area contributed by atoms with Gasteiger partial charge in [-0.25, -0.2) is 9.18 Å². The summed E-state index contributed by atoms with van der Waals surface area (Å²) in [5.41, 5.74) is 1.29. The van der Waals surface area contributed by atoms with Gasteiger partial charge in [0.05, 0.1) is 0 Å². The van der Waals surface area contributed by atoms with Gasteiger partial charge in [0.15, 0.2) is 0 Å². The zero-order valence-corrected chi connectivity index (χ0v) is 15.4. The van der Waals surface area contributed by atoms with Gasteiger partial charge in [-0.3, -0.25) is 10.1 Å². The van der Waals surface area contributed by atoms with Crippen LogP contribution in [-0.2, 0) is 11.3 Å². The van der Waals surface area contributed by atoms with Crippen LogP contribution in [0.5, 0.6) is 0 Å². The molecule has 0 fully saturated rings. The van der Waals surface area contributed by atoms with Gasteiger partial charge in [0, 0.05) is 24.8 Å². The Morgan fingerprint density at radius 1 is 1.04 bits per heavy atom. The molecule has 0 aliphatic carbocycles. The fraction of sp³-hybridized carbons (Fsp3) is 0.300. The first-order valence-electron chi connectivity index (χ1n) is 8.24. The Kier molecular flexibility index (Phi) is 5.97. The first-order valence-corrected chi connectivity index (χ1v) is 8.24. The zero-order valence-electron chi connectivity index (χ0n) is 15.4. The lowest BCUT2D eigenvalue weighted by atomic mass is 10.1. The van der Waals surface area contributed by atoms with Crippen LogP contribution in [0.2, 0.25) is 0 Å². The Balaban J connectivity index is 1.97. The summed E-state index contributed by atoms with van der Waals surface area (Å²) in [4.78, 5) is 25.8. The van der Waals surface area contributed by atoms with Gasteiger partial charge in [0.25, 0.3) is 5.91 Å². The molecular formula is C20H23FN2O3. The van der Waals surface area contributed by atoms with E-state index in [9.17, 15) is 14.0 Å². The Hall–Kier alpha value is -2.89. The minimum atomic E-state index is -0.580. The standard InChI is InChI=1S/C20H23FN2O3/c1-20(2,3)26-19(25)22-17-11-7-15(8-12-17)18(24)23(4)13-14-5-9-16(21)10-6-14/h5-12H,13H2,1-4H3,(H,22,25). The third-order valence-electron chi connectivity index (χ3n) is 3.46. The maximum Gasteiger partial charge on any atom is 0.412 e. The largest absolute Gasteiger partial charge is 0.444 e. The minimum absolute atomic E-state index is 0.168. The Bertz CT molecular complexity index is 765. The van der Waals surface area contributed by atoms with Crippen molar-refractivity contribution >= 4 is 17.7 Å². The fourth-order valence-electron chi connectivity index (χ4n) is 2.27. The van der Waals surface area contributed by atoms with Crippen molar-refractivity contribution in [2.24, 2.45) is 0 Å². The molecule has 0 radical (unpaired) electrons. The van der Waals surface area contributed by atoms with E-state index in [1.165, 1.54) is 12.1 Å². The number of hydrogen-bond donors (Lipinski definition) is 1. The summed E-state index contributed by atoms with van der Waals surface area (Å²) in [5.74, 6) is -0.478. The lowest BCUT2D eigenvalue weighted by molar-refractivity contribution is 0.0635. The summed E-state index contributed by atoms with van der Waals surface area (Å²) in [7, 11) is 1.68. The topological polar surface area (TPSA) is 58.6 Å². The van der Waals surface area contributed by atoms with Crippen LogP contribution >= 0.6 is 0 Å². The molecule has 2 amide bonds. The van der Waals surface area contributed by atoms with E-state index in [0.717, 1.165) is 5.56 Å². The number of nitrogens with zero attached hydrogens (tertiary/aromatic N) is 1. The monoisotopic (exact) mass is 358 g/mol. The average Bonchev–Trinajstić information content (AvgIpc) is 2.55. The van der Waals surface area contributed by atoms with Gasteiger partial charge in [-0.1, -0.05) is 12.1 Å². The molecule has 0 spiro atoms. The highest BCUT2D eigenvalue weighted by Crippen LogP contribution is 2.15. The maximum atomic E-state index is 12.9. The minimum Gasteiger partial charge on any atom is -0.444 e. The van der Waals surface area contributed by atoms with Crippen molar-refractivity contribution in [2.45, 2.75) is 32.9 Å².